The maximum absolute atomic E-state index is 12.4. The van der Waals surface area contributed by atoms with E-state index in [-0.39, 0.29) is 34.2 Å². The second-order valence-corrected chi connectivity index (χ2v) is 7.09. The van der Waals surface area contributed by atoms with Gasteiger partial charge in [-0.1, -0.05) is 19.8 Å². The van der Waals surface area contributed by atoms with Gasteiger partial charge in [-0.2, -0.15) is 5.10 Å². The molecule has 0 unspecified atom stereocenters. The molecule has 0 heterocycles. The molecule has 0 aromatic heterocycles. The molecule has 1 aromatic carbocycles. The minimum absolute atomic E-state index is 0.0115. The van der Waals surface area contributed by atoms with Crippen LogP contribution in [0.1, 0.15) is 38.2 Å². The van der Waals surface area contributed by atoms with Crippen molar-refractivity contribution in [1.82, 2.24) is 5.43 Å². The highest BCUT2D eigenvalue weighted by Gasteiger charge is 2.64. The number of nitrogens with zero attached hydrogens (tertiary/aromatic N) is 2. The van der Waals surface area contributed by atoms with Crippen LogP contribution in [-0.4, -0.2) is 31.3 Å². The van der Waals surface area contributed by atoms with Gasteiger partial charge in [0.25, 0.3) is 5.69 Å². The Bertz CT molecular complexity index is 763. The maximum Gasteiger partial charge on any atom is 0.282 e. The molecule has 2 aliphatic carbocycles. The Balaban J connectivity index is 1.74. The van der Waals surface area contributed by atoms with Crippen molar-refractivity contribution < 1.29 is 19.2 Å². The SMILES string of the molecule is COc1cc(/C=N\NC(=O)[C@H]2[C@H]3CCCC[C@@]32C)c([N+](=O)[O-])cc1OC. The highest BCUT2D eigenvalue weighted by Crippen LogP contribution is 2.66. The summed E-state index contributed by atoms with van der Waals surface area (Å²) in [6.45, 7) is 2.16. The molecule has 0 radical (unpaired) electrons. The van der Waals surface area contributed by atoms with Crippen molar-refractivity contribution in [2.24, 2.45) is 22.4 Å². The lowest BCUT2D eigenvalue weighted by atomic mass is 9.90. The first-order valence-electron chi connectivity index (χ1n) is 8.65. The first-order chi connectivity index (χ1) is 12.4. The quantitative estimate of drug-likeness (QED) is 0.477. The van der Waals surface area contributed by atoms with Crippen molar-refractivity contribution >= 4 is 17.8 Å². The highest BCUT2D eigenvalue weighted by molar-refractivity contribution is 5.89. The van der Waals surface area contributed by atoms with Gasteiger partial charge in [-0.25, -0.2) is 5.43 Å². The highest BCUT2D eigenvalue weighted by atomic mass is 16.6. The van der Waals surface area contributed by atoms with Crippen LogP contribution in [0, 0.1) is 27.4 Å². The van der Waals surface area contributed by atoms with Gasteiger partial charge in [-0.05, 0) is 30.2 Å². The van der Waals surface area contributed by atoms with E-state index in [4.69, 9.17) is 9.47 Å². The molecule has 8 nitrogen and oxygen atoms in total. The number of methoxy groups -OCH3 is 2. The van der Waals surface area contributed by atoms with Crippen LogP contribution in [0.15, 0.2) is 17.2 Å². The molecule has 0 spiro atoms. The van der Waals surface area contributed by atoms with Gasteiger partial charge >= 0.3 is 0 Å². The molecular weight excluding hydrogens is 338 g/mol. The minimum Gasteiger partial charge on any atom is -0.493 e. The summed E-state index contributed by atoms with van der Waals surface area (Å²) in [6.07, 6.45) is 5.76. The topological polar surface area (TPSA) is 103 Å². The largest absolute Gasteiger partial charge is 0.493 e. The number of carbonyl (C=O) groups excluding carboxylic acids is 1. The van der Waals surface area contributed by atoms with E-state index in [0.29, 0.717) is 11.7 Å². The number of nitrogens with one attached hydrogen (secondary N) is 1. The lowest BCUT2D eigenvalue weighted by Crippen LogP contribution is -2.22. The summed E-state index contributed by atoms with van der Waals surface area (Å²) in [5.41, 5.74) is 2.69. The van der Waals surface area contributed by atoms with E-state index < -0.39 is 4.92 Å². The molecule has 0 bridgehead atoms. The Morgan fingerprint density at radius 1 is 1.35 bits per heavy atom. The Kier molecular flexibility index (Phi) is 4.84. The molecule has 1 amide bonds. The third-order valence-electron chi connectivity index (χ3n) is 5.72. The van der Waals surface area contributed by atoms with Gasteiger partial charge in [-0.15, -0.1) is 0 Å². The number of ether oxygens (including phenoxy) is 2. The third kappa shape index (κ3) is 3.11. The van der Waals surface area contributed by atoms with E-state index >= 15 is 0 Å². The fraction of sp³-hybridized carbons (Fsp3) is 0.556. The number of hydrogen-bond donors (Lipinski definition) is 1. The zero-order chi connectivity index (χ0) is 18.9. The predicted molar refractivity (Wildman–Crippen MR) is 95.5 cm³/mol. The molecule has 1 N–H and O–H groups in total. The lowest BCUT2D eigenvalue weighted by Gasteiger charge is -2.15. The molecule has 2 saturated carbocycles. The molecule has 2 fully saturated rings. The number of nitro benzene ring substituents is 1. The van der Waals surface area contributed by atoms with Crippen LogP contribution < -0.4 is 14.9 Å². The molecule has 1 aromatic rings. The Hall–Kier alpha value is -2.64. The Morgan fingerprint density at radius 2 is 2.04 bits per heavy atom. The van der Waals surface area contributed by atoms with Crippen molar-refractivity contribution in [1.29, 1.82) is 0 Å². The van der Waals surface area contributed by atoms with E-state index in [9.17, 15) is 14.9 Å². The Morgan fingerprint density at radius 3 is 2.62 bits per heavy atom. The van der Waals surface area contributed by atoms with Gasteiger partial charge in [0.1, 0.15) is 0 Å². The predicted octanol–water partition coefficient (Wildman–Crippen LogP) is 2.89. The number of carbonyl (C=O) groups is 1. The monoisotopic (exact) mass is 361 g/mol. The van der Waals surface area contributed by atoms with Crippen molar-refractivity contribution in [2.75, 3.05) is 14.2 Å². The lowest BCUT2D eigenvalue weighted by molar-refractivity contribution is -0.385. The molecule has 140 valence electrons. The number of fused-ring (bicyclic) bond motifs is 1. The summed E-state index contributed by atoms with van der Waals surface area (Å²) >= 11 is 0. The van der Waals surface area contributed by atoms with Gasteiger partial charge in [0.15, 0.2) is 11.5 Å². The smallest absolute Gasteiger partial charge is 0.282 e. The summed E-state index contributed by atoms with van der Waals surface area (Å²) < 4.78 is 10.3. The van der Waals surface area contributed by atoms with E-state index in [1.807, 2.05) is 0 Å². The van der Waals surface area contributed by atoms with Crippen LogP contribution in [0.5, 0.6) is 11.5 Å². The van der Waals surface area contributed by atoms with Crippen molar-refractivity contribution in [3.63, 3.8) is 0 Å². The normalized spacial score (nSPS) is 26.9. The number of rotatable bonds is 6. The van der Waals surface area contributed by atoms with Crippen LogP contribution >= 0.6 is 0 Å². The van der Waals surface area contributed by atoms with E-state index in [2.05, 4.69) is 17.5 Å². The molecule has 3 atom stereocenters. The average Bonchev–Trinajstić information content (AvgIpc) is 3.26. The maximum atomic E-state index is 12.4. The number of hydrogen-bond acceptors (Lipinski definition) is 6. The van der Waals surface area contributed by atoms with Crippen LogP contribution in [0.3, 0.4) is 0 Å². The van der Waals surface area contributed by atoms with Gasteiger partial charge in [-0.3, -0.25) is 14.9 Å². The standard InChI is InChI=1S/C18H23N3O5/c1-18-7-5-4-6-12(18)16(18)17(22)20-19-10-11-8-14(25-2)15(26-3)9-13(11)21(23)24/h8-10,12,16H,4-7H2,1-3H3,(H,20,22)/b19-10-/t12-,16-,18+/m1/s1. The first-order valence-corrected chi connectivity index (χ1v) is 8.65. The molecule has 0 aliphatic heterocycles. The Labute approximate surface area is 151 Å². The summed E-state index contributed by atoms with van der Waals surface area (Å²) in [5.74, 6) is 0.921. The first kappa shape index (κ1) is 18.2. The van der Waals surface area contributed by atoms with Crippen molar-refractivity contribution in [3.8, 4) is 11.5 Å². The van der Waals surface area contributed by atoms with Gasteiger partial charge in [0.05, 0.1) is 37.0 Å². The molecule has 0 saturated heterocycles. The minimum atomic E-state index is -0.526. The molecule has 8 heteroatoms. The van der Waals surface area contributed by atoms with Crippen LogP contribution in [0.4, 0.5) is 5.69 Å². The van der Waals surface area contributed by atoms with E-state index in [0.717, 1.165) is 19.3 Å². The summed E-state index contributed by atoms with van der Waals surface area (Å²) in [5, 5.41) is 15.2. The van der Waals surface area contributed by atoms with E-state index in [1.165, 1.54) is 39.0 Å². The second-order valence-electron chi connectivity index (χ2n) is 7.09. The molecular formula is C18H23N3O5. The van der Waals surface area contributed by atoms with Crippen molar-refractivity contribution in [3.05, 3.63) is 27.8 Å². The summed E-state index contributed by atoms with van der Waals surface area (Å²) in [4.78, 5) is 23.2. The zero-order valence-corrected chi connectivity index (χ0v) is 15.2. The summed E-state index contributed by atoms with van der Waals surface area (Å²) in [6, 6.07) is 2.74. The third-order valence-corrected chi connectivity index (χ3v) is 5.72. The van der Waals surface area contributed by atoms with Crippen LogP contribution in [0.2, 0.25) is 0 Å². The van der Waals surface area contributed by atoms with Gasteiger partial charge in [0, 0.05) is 5.92 Å². The van der Waals surface area contributed by atoms with E-state index in [1.54, 1.807) is 0 Å². The zero-order valence-electron chi connectivity index (χ0n) is 15.2. The fourth-order valence-electron chi connectivity index (χ4n) is 4.23. The number of amides is 1. The second kappa shape index (κ2) is 6.93. The van der Waals surface area contributed by atoms with Crippen LogP contribution in [-0.2, 0) is 4.79 Å². The number of benzene rings is 1. The van der Waals surface area contributed by atoms with Gasteiger partial charge in [0.2, 0.25) is 5.91 Å². The van der Waals surface area contributed by atoms with Gasteiger partial charge < -0.3 is 9.47 Å². The molecule has 3 rings (SSSR count). The van der Waals surface area contributed by atoms with Crippen LogP contribution in [0.25, 0.3) is 0 Å². The molecule has 2 aliphatic rings. The number of nitro groups is 1. The summed E-state index contributed by atoms with van der Waals surface area (Å²) in [7, 11) is 2.85. The number of hydrazone groups is 1. The average molecular weight is 361 g/mol. The fourth-order valence-corrected chi connectivity index (χ4v) is 4.23. The molecule has 26 heavy (non-hydrogen) atoms. The van der Waals surface area contributed by atoms with Crippen molar-refractivity contribution in [2.45, 2.75) is 32.6 Å².